The van der Waals surface area contributed by atoms with Gasteiger partial charge in [-0.2, -0.15) is 5.26 Å². The third-order valence-electron chi connectivity index (χ3n) is 4.04. The lowest BCUT2D eigenvalue weighted by Crippen LogP contribution is -2.35. The molecule has 2 amide bonds. The smallest absolute Gasteiger partial charge is 0.322 e. The van der Waals surface area contributed by atoms with Crippen LogP contribution in [0.5, 0.6) is 5.75 Å². The number of aromatic nitrogens is 1. The number of rotatable bonds is 5. The fourth-order valence-electron chi connectivity index (χ4n) is 2.79. The van der Waals surface area contributed by atoms with Crippen LogP contribution in [0.2, 0.25) is 0 Å². The van der Waals surface area contributed by atoms with Crippen molar-refractivity contribution in [3.05, 3.63) is 53.9 Å². The second kappa shape index (κ2) is 8.15. The first-order chi connectivity index (χ1) is 12.3. The molecule has 0 fully saturated rings. The van der Waals surface area contributed by atoms with Crippen LogP contribution in [0.4, 0.5) is 10.5 Å². The lowest BCUT2D eigenvalue weighted by atomic mass is 10.1. The third kappa shape index (κ3) is 4.48. The average Bonchev–Trinajstić information content (AvgIpc) is 2.65. The number of pyridine rings is 1. The Labute approximate surface area is 147 Å². The summed E-state index contributed by atoms with van der Waals surface area (Å²) in [6, 6.07) is 11.3. The molecule has 1 N–H and O–H groups in total. The van der Waals surface area contributed by atoms with Gasteiger partial charge in [-0.05, 0) is 48.2 Å². The van der Waals surface area contributed by atoms with Gasteiger partial charge in [0.2, 0.25) is 0 Å². The number of carbonyl (C=O) groups is 1. The van der Waals surface area contributed by atoms with E-state index in [0.717, 1.165) is 42.0 Å². The molecule has 0 bridgehead atoms. The fourth-order valence-corrected chi connectivity index (χ4v) is 2.79. The number of nitriles is 1. The van der Waals surface area contributed by atoms with Crippen LogP contribution in [0.15, 0.2) is 42.7 Å². The van der Waals surface area contributed by atoms with Crippen molar-refractivity contribution >= 4 is 11.7 Å². The van der Waals surface area contributed by atoms with Gasteiger partial charge in [0, 0.05) is 31.2 Å². The number of anilines is 1. The fraction of sp³-hybridized carbons (Fsp3) is 0.316. The van der Waals surface area contributed by atoms with E-state index in [9.17, 15) is 4.79 Å². The van der Waals surface area contributed by atoms with Crippen LogP contribution in [0.25, 0.3) is 0 Å². The van der Waals surface area contributed by atoms with Crippen LogP contribution in [-0.4, -0.2) is 29.1 Å². The molecule has 6 heteroatoms. The highest BCUT2D eigenvalue weighted by Gasteiger charge is 2.16. The summed E-state index contributed by atoms with van der Waals surface area (Å²) < 4.78 is 5.60. The zero-order valence-electron chi connectivity index (χ0n) is 13.9. The molecule has 2 aromatic rings. The Balaban J connectivity index is 1.70. The van der Waals surface area contributed by atoms with Crippen LogP contribution in [-0.2, 0) is 13.0 Å². The van der Waals surface area contributed by atoms with Gasteiger partial charge >= 0.3 is 6.03 Å². The van der Waals surface area contributed by atoms with Crippen molar-refractivity contribution in [3.63, 3.8) is 0 Å². The van der Waals surface area contributed by atoms with Gasteiger partial charge in [0.1, 0.15) is 5.75 Å². The Morgan fingerprint density at radius 2 is 2.32 bits per heavy atom. The monoisotopic (exact) mass is 336 g/mol. The summed E-state index contributed by atoms with van der Waals surface area (Å²) in [4.78, 5) is 18.3. The summed E-state index contributed by atoms with van der Waals surface area (Å²) in [5, 5.41) is 11.8. The number of benzene rings is 1. The van der Waals surface area contributed by atoms with E-state index in [4.69, 9.17) is 10.00 Å². The van der Waals surface area contributed by atoms with Crippen LogP contribution in [0, 0.1) is 11.3 Å². The molecule has 0 aliphatic carbocycles. The number of nitrogens with zero attached hydrogens (tertiary/aromatic N) is 3. The Bertz CT molecular complexity index is 771. The number of aryl methyl sites for hydroxylation is 1. The van der Waals surface area contributed by atoms with Crippen LogP contribution in [0.3, 0.4) is 0 Å². The maximum atomic E-state index is 12.6. The SMILES string of the molecule is N#CCCN(Cc1cccnc1)C(=O)Nc1ccc2c(c1)CCCO2. The lowest BCUT2D eigenvalue weighted by Gasteiger charge is -2.23. The standard InChI is InChI=1S/C19H20N4O2/c20-8-3-10-23(14-15-4-1-9-21-13-15)19(24)22-17-6-7-18-16(12-17)5-2-11-25-18/h1,4,6-7,9,12-13H,2-3,5,10-11,14H2,(H,22,24). The molecule has 0 radical (unpaired) electrons. The first-order valence-electron chi connectivity index (χ1n) is 8.34. The normalized spacial score (nSPS) is 12.4. The van der Waals surface area contributed by atoms with Gasteiger partial charge in [0.05, 0.1) is 19.1 Å². The Morgan fingerprint density at radius 3 is 3.12 bits per heavy atom. The zero-order chi connectivity index (χ0) is 17.5. The van der Waals surface area contributed by atoms with Crippen molar-refractivity contribution in [3.8, 4) is 11.8 Å². The van der Waals surface area contributed by atoms with Crippen molar-refractivity contribution in [2.75, 3.05) is 18.5 Å². The number of hydrogen-bond acceptors (Lipinski definition) is 4. The van der Waals surface area contributed by atoms with Crippen LogP contribution < -0.4 is 10.1 Å². The maximum Gasteiger partial charge on any atom is 0.322 e. The van der Waals surface area contributed by atoms with Gasteiger partial charge in [-0.25, -0.2) is 4.79 Å². The number of amides is 2. The van der Waals surface area contributed by atoms with Gasteiger partial charge in [0.25, 0.3) is 0 Å². The molecule has 2 heterocycles. The van der Waals surface area contributed by atoms with Crippen molar-refractivity contribution < 1.29 is 9.53 Å². The molecule has 0 saturated heterocycles. The number of carbonyl (C=O) groups excluding carboxylic acids is 1. The largest absolute Gasteiger partial charge is 0.493 e. The number of hydrogen-bond donors (Lipinski definition) is 1. The second-order valence-corrected chi connectivity index (χ2v) is 5.90. The Kier molecular flexibility index (Phi) is 5.47. The van der Waals surface area contributed by atoms with Crippen molar-refractivity contribution in [2.45, 2.75) is 25.8 Å². The summed E-state index contributed by atoms with van der Waals surface area (Å²) in [5.41, 5.74) is 2.77. The van der Waals surface area contributed by atoms with Gasteiger partial charge in [-0.15, -0.1) is 0 Å². The van der Waals surface area contributed by atoms with Crippen LogP contribution in [0.1, 0.15) is 24.0 Å². The topological polar surface area (TPSA) is 78.2 Å². The predicted molar refractivity (Wildman–Crippen MR) is 94.2 cm³/mol. The van der Waals surface area contributed by atoms with E-state index in [1.165, 1.54) is 0 Å². The number of fused-ring (bicyclic) bond motifs is 1. The van der Waals surface area contributed by atoms with E-state index in [2.05, 4.69) is 16.4 Å². The highest BCUT2D eigenvalue weighted by atomic mass is 16.5. The highest BCUT2D eigenvalue weighted by Crippen LogP contribution is 2.27. The van der Waals surface area contributed by atoms with Gasteiger partial charge in [0.15, 0.2) is 0 Å². The molecule has 0 saturated carbocycles. The van der Waals surface area contributed by atoms with E-state index in [0.29, 0.717) is 13.1 Å². The second-order valence-electron chi connectivity index (χ2n) is 5.90. The molecular formula is C19H20N4O2. The van der Waals surface area contributed by atoms with Gasteiger partial charge in [-0.3, -0.25) is 4.98 Å². The molecule has 128 valence electrons. The molecule has 6 nitrogen and oxygen atoms in total. The van der Waals surface area contributed by atoms with E-state index in [1.807, 2.05) is 30.3 Å². The van der Waals surface area contributed by atoms with Crippen molar-refractivity contribution in [1.82, 2.24) is 9.88 Å². The van der Waals surface area contributed by atoms with E-state index in [-0.39, 0.29) is 12.5 Å². The summed E-state index contributed by atoms with van der Waals surface area (Å²) in [6.45, 7) is 1.52. The van der Waals surface area contributed by atoms with Gasteiger partial charge in [-0.1, -0.05) is 6.07 Å². The molecule has 0 unspecified atom stereocenters. The predicted octanol–water partition coefficient (Wildman–Crippen LogP) is 3.35. The molecule has 3 rings (SSSR count). The molecular weight excluding hydrogens is 316 g/mol. The molecule has 25 heavy (non-hydrogen) atoms. The van der Waals surface area contributed by atoms with Crippen molar-refractivity contribution in [2.24, 2.45) is 0 Å². The third-order valence-corrected chi connectivity index (χ3v) is 4.04. The molecule has 1 aliphatic heterocycles. The summed E-state index contributed by atoms with van der Waals surface area (Å²) in [7, 11) is 0. The number of nitrogens with one attached hydrogen (secondary N) is 1. The van der Waals surface area contributed by atoms with E-state index >= 15 is 0 Å². The van der Waals surface area contributed by atoms with E-state index in [1.54, 1.807) is 17.3 Å². The number of ether oxygens (including phenoxy) is 1. The number of urea groups is 1. The summed E-state index contributed by atoms with van der Waals surface area (Å²) in [6.07, 6.45) is 5.64. The lowest BCUT2D eigenvalue weighted by molar-refractivity contribution is 0.210. The summed E-state index contributed by atoms with van der Waals surface area (Å²) >= 11 is 0. The highest BCUT2D eigenvalue weighted by molar-refractivity contribution is 5.89. The minimum Gasteiger partial charge on any atom is -0.493 e. The Hall–Kier alpha value is -3.07. The molecule has 1 aromatic heterocycles. The summed E-state index contributed by atoms with van der Waals surface area (Å²) in [5.74, 6) is 0.890. The van der Waals surface area contributed by atoms with Crippen molar-refractivity contribution in [1.29, 1.82) is 5.26 Å². The first kappa shape index (κ1) is 16.8. The quantitative estimate of drug-likeness (QED) is 0.908. The molecule has 0 spiro atoms. The maximum absolute atomic E-state index is 12.6. The molecule has 1 aliphatic rings. The molecule has 0 atom stereocenters. The minimum absolute atomic E-state index is 0.226. The first-order valence-corrected chi connectivity index (χ1v) is 8.34. The average molecular weight is 336 g/mol. The van der Waals surface area contributed by atoms with Gasteiger partial charge < -0.3 is 15.0 Å². The Morgan fingerprint density at radius 1 is 1.40 bits per heavy atom. The molecule has 1 aromatic carbocycles. The van der Waals surface area contributed by atoms with Crippen LogP contribution >= 0.6 is 0 Å². The minimum atomic E-state index is -0.226. The zero-order valence-corrected chi connectivity index (χ0v) is 13.9. The van der Waals surface area contributed by atoms with E-state index < -0.39 is 0 Å².